The second-order valence-electron chi connectivity index (χ2n) is 4.61. The molecule has 94 valence electrons. The van der Waals surface area contributed by atoms with E-state index in [1.54, 1.807) is 4.90 Å². The van der Waals surface area contributed by atoms with Crippen molar-refractivity contribution in [3.05, 3.63) is 35.4 Å². The summed E-state index contributed by atoms with van der Waals surface area (Å²) in [6.07, 6.45) is 0. The summed E-state index contributed by atoms with van der Waals surface area (Å²) < 4.78 is 0. The number of carbonyl (C=O) groups is 1. The van der Waals surface area contributed by atoms with E-state index < -0.39 is 6.04 Å². The fraction of sp³-hybridized carbons (Fsp3) is 0.500. The molecule has 0 spiro atoms. The van der Waals surface area contributed by atoms with E-state index in [0.717, 1.165) is 5.56 Å². The maximum Gasteiger partial charge on any atom is 0.244 e. The van der Waals surface area contributed by atoms with Crippen LogP contribution in [-0.2, 0) is 4.79 Å². The van der Waals surface area contributed by atoms with Crippen molar-refractivity contribution in [2.75, 3.05) is 6.54 Å². The summed E-state index contributed by atoms with van der Waals surface area (Å²) >= 11 is 0. The van der Waals surface area contributed by atoms with Crippen molar-refractivity contribution in [1.29, 1.82) is 0 Å². The molecule has 1 aromatic rings. The first-order valence-electron chi connectivity index (χ1n) is 6.10. The Balaban J connectivity index is 2.85. The minimum absolute atomic E-state index is 0.00801. The first kappa shape index (κ1) is 13.7. The third-order valence-electron chi connectivity index (χ3n) is 2.95. The van der Waals surface area contributed by atoms with Gasteiger partial charge in [-0.25, -0.2) is 0 Å². The highest BCUT2D eigenvalue weighted by atomic mass is 16.2. The molecule has 0 aliphatic heterocycles. The number of nitrogens with two attached hydrogens (primary N) is 1. The zero-order chi connectivity index (χ0) is 13.0. The molecule has 17 heavy (non-hydrogen) atoms. The van der Waals surface area contributed by atoms with Crippen molar-refractivity contribution in [3.63, 3.8) is 0 Å². The highest BCUT2D eigenvalue weighted by Crippen LogP contribution is 2.15. The Kier molecular flexibility index (Phi) is 4.70. The maximum absolute atomic E-state index is 12.2. The van der Waals surface area contributed by atoms with Gasteiger partial charge in [0.15, 0.2) is 0 Å². The number of benzene rings is 1. The fourth-order valence-corrected chi connectivity index (χ4v) is 1.87. The summed E-state index contributed by atoms with van der Waals surface area (Å²) in [5, 5.41) is 0. The van der Waals surface area contributed by atoms with E-state index in [2.05, 4.69) is 0 Å². The van der Waals surface area contributed by atoms with Crippen LogP contribution < -0.4 is 5.73 Å². The average Bonchev–Trinajstić information content (AvgIpc) is 2.29. The number of hydrogen-bond donors (Lipinski definition) is 1. The van der Waals surface area contributed by atoms with Gasteiger partial charge in [-0.15, -0.1) is 0 Å². The van der Waals surface area contributed by atoms with Gasteiger partial charge in [0.05, 0.1) is 0 Å². The number of aryl methyl sites for hydroxylation is 1. The lowest BCUT2D eigenvalue weighted by atomic mass is 10.0. The van der Waals surface area contributed by atoms with Crippen molar-refractivity contribution >= 4 is 5.91 Å². The Morgan fingerprint density at radius 3 is 2.24 bits per heavy atom. The van der Waals surface area contributed by atoms with Gasteiger partial charge < -0.3 is 10.6 Å². The quantitative estimate of drug-likeness (QED) is 0.868. The van der Waals surface area contributed by atoms with Crippen LogP contribution in [0.2, 0.25) is 0 Å². The normalized spacial score (nSPS) is 12.6. The zero-order valence-corrected chi connectivity index (χ0v) is 11.1. The lowest BCUT2D eigenvalue weighted by Gasteiger charge is -2.28. The van der Waals surface area contributed by atoms with Gasteiger partial charge >= 0.3 is 0 Å². The first-order valence-corrected chi connectivity index (χ1v) is 6.10. The largest absolute Gasteiger partial charge is 0.339 e. The molecule has 0 aliphatic rings. The first-order chi connectivity index (χ1) is 7.97. The van der Waals surface area contributed by atoms with E-state index in [4.69, 9.17) is 5.73 Å². The highest BCUT2D eigenvalue weighted by Gasteiger charge is 2.22. The van der Waals surface area contributed by atoms with Crippen LogP contribution in [0.4, 0.5) is 0 Å². The molecule has 0 radical (unpaired) electrons. The zero-order valence-electron chi connectivity index (χ0n) is 11.1. The van der Waals surface area contributed by atoms with E-state index in [-0.39, 0.29) is 11.9 Å². The van der Waals surface area contributed by atoms with Crippen molar-refractivity contribution in [2.45, 2.75) is 39.8 Å². The molecule has 1 aromatic carbocycles. The van der Waals surface area contributed by atoms with Crippen LogP contribution in [-0.4, -0.2) is 23.4 Å². The van der Waals surface area contributed by atoms with Crippen molar-refractivity contribution in [3.8, 4) is 0 Å². The molecule has 0 heterocycles. The summed E-state index contributed by atoms with van der Waals surface area (Å²) in [4.78, 5) is 14.0. The molecule has 0 fully saturated rings. The summed E-state index contributed by atoms with van der Waals surface area (Å²) in [6.45, 7) is 8.69. The lowest BCUT2D eigenvalue weighted by molar-refractivity contribution is -0.134. The second kappa shape index (κ2) is 5.82. The molecule has 0 aliphatic carbocycles. The molecule has 1 atom stereocenters. The number of carbonyl (C=O) groups excluding carboxylic acids is 1. The van der Waals surface area contributed by atoms with Gasteiger partial charge in [0.2, 0.25) is 5.91 Å². The number of nitrogens with zero attached hydrogens (tertiary/aromatic N) is 1. The van der Waals surface area contributed by atoms with Crippen molar-refractivity contribution < 1.29 is 4.79 Å². The standard InChI is InChI=1S/C14H22N2O/c1-5-16(10(2)3)14(17)13(15)12-8-6-11(4)7-9-12/h6-10,13H,5,15H2,1-4H3. The number of hydrogen-bond acceptors (Lipinski definition) is 2. The molecule has 1 rings (SSSR count). The predicted molar refractivity (Wildman–Crippen MR) is 70.6 cm³/mol. The van der Waals surface area contributed by atoms with Crippen LogP contribution in [0.25, 0.3) is 0 Å². The van der Waals surface area contributed by atoms with Gasteiger partial charge in [-0.2, -0.15) is 0 Å². The molecule has 0 saturated heterocycles. The molecule has 0 bridgehead atoms. The molecule has 3 nitrogen and oxygen atoms in total. The Bertz CT molecular complexity index is 370. The molecule has 0 aromatic heterocycles. The number of amides is 1. The maximum atomic E-state index is 12.2. The van der Waals surface area contributed by atoms with E-state index in [1.807, 2.05) is 52.0 Å². The molecule has 3 heteroatoms. The van der Waals surface area contributed by atoms with Crippen LogP contribution in [0.1, 0.15) is 37.9 Å². The predicted octanol–water partition coefficient (Wildman–Crippen LogP) is 2.25. The Hall–Kier alpha value is -1.35. The van der Waals surface area contributed by atoms with Crippen LogP contribution in [0.5, 0.6) is 0 Å². The van der Waals surface area contributed by atoms with E-state index in [9.17, 15) is 4.79 Å². The van der Waals surface area contributed by atoms with Gasteiger partial charge in [-0.1, -0.05) is 29.8 Å². The third-order valence-corrected chi connectivity index (χ3v) is 2.95. The third kappa shape index (κ3) is 3.30. The van der Waals surface area contributed by atoms with E-state index >= 15 is 0 Å². The van der Waals surface area contributed by atoms with Gasteiger partial charge in [0.25, 0.3) is 0 Å². The number of rotatable bonds is 4. The fourth-order valence-electron chi connectivity index (χ4n) is 1.87. The Morgan fingerprint density at radius 2 is 1.82 bits per heavy atom. The van der Waals surface area contributed by atoms with Gasteiger partial charge in [0, 0.05) is 12.6 Å². The van der Waals surface area contributed by atoms with Gasteiger partial charge in [0.1, 0.15) is 6.04 Å². The van der Waals surface area contributed by atoms with E-state index in [1.165, 1.54) is 5.56 Å². The molecular formula is C14H22N2O. The average molecular weight is 234 g/mol. The molecule has 2 N–H and O–H groups in total. The lowest BCUT2D eigenvalue weighted by Crippen LogP contribution is -2.42. The summed E-state index contributed by atoms with van der Waals surface area (Å²) in [5.41, 5.74) is 8.06. The van der Waals surface area contributed by atoms with Crippen molar-refractivity contribution in [1.82, 2.24) is 4.90 Å². The SMILES string of the molecule is CCN(C(=O)C(N)c1ccc(C)cc1)C(C)C. The van der Waals surface area contributed by atoms with Gasteiger partial charge in [-0.05, 0) is 33.3 Å². The van der Waals surface area contributed by atoms with E-state index in [0.29, 0.717) is 6.54 Å². The Morgan fingerprint density at radius 1 is 1.29 bits per heavy atom. The molecule has 0 saturated carbocycles. The summed E-state index contributed by atoms with van der Waals surface area (Å²) in [5.74, 6) is -0.00801. The summed E-state index contributed by atoms with van der Waals surface area (Å²) in [7, 11) is 0. The highest BCUT2D eigenvalue weighted by molar-refractivity contribution is 5.83. The smallest absolute Gasteiger partial charge is 0.244 e. The van der Waals surface area contributed by atoms with Crippen LogP contribution in [0, 0.1) is 6.92 Å². The topological polar surface area (TPSA) is 46.3 Å². The van der Waals surface area contributed by atoms with Crippen LogP contribution in [0.3, 0.4) is 0 Å². The van der Waals surface area contributed by atoms with Crippen LogP contribution >= 0.6 is 0 Å². The van der Waals surface area contributed by atoms with Crippen LogP contribution in [0.15, 0.2) is 24.3 Å². The minimum atomic E-state index is -0.557. The van der Waals surface area contributed by atoms with Crippen molar-refractivity contribution in [2.24, 2.45) is 5.73 Å². The molecular weight excluding hydrogens is 212 g/mol. The minimum Gasteiger partial charge on any atom is -0.339 e. The monoisotopic (exact) mass is 234 g/mol. The number of likely N-dealkylation sites (N-methyl/N-ethyl adjacent to an activating group) is 1. The molecule has 1 amide bonds. The Labute approximate surface area is 104 Å². The van der Waals surface area contributed by atoms with Gasteiger partial charge in [-0.3, -0.25) is 4.79 Å². The summed E-state index contributed by atoms with van der Waals surface area (Å²) in [6, 6.07) is 7.43. The second-order valence-corrected chi connectivity index (χ2v) is 4.61. The molecule has 1 unspecified atom stereocenters.